The molecular weight excluding hydrogens is 226 g/mol. The maximum absolute atomic E-state index is 5.94. The number of nitrogens with one attached hydrogen (secondary N) is 1. The van der Waals surface area contributed by atoms with E-state index in [1.807, 2.05) is 18.2 Å². The fraction of sp³-hybridized carbons (Fsp3) is 0.500. The fourth-order valence-corrected chi connectivity index (χ4v) is 1.59. The van der Waals surface area contributed by atoms with E-state index in [0.29, 0.717) is 5.02 Å². The highest BCUT2D eigenvalue weighted by atomic mass is 35.5. The molecule has 1 rings (SSSR count). The van der Waals surface area contributed by atoms with Crippen LogP contribution in [0.3, 0.4) is 0 Å². The van der Waals surface area contributed by atoms with Crippen LogP contribution in [0.4, 0.5) is 0 Å². The van der Waals surface area contributed by atoms with Crippen molar-refractivity contribution in [3.63, 3.8) is 0 Å². The van der Waals surface area contributed by atoms with E-state index < -0.39 is 0 Å². The zero-order valence-corrected chi connectivity index (χ0v) is 10.5. The predicted octanol–water partition coefficient (Wildman–Crippen LogP) is 2.13. The van der Waals surface area contributed by atoms with Gasteiger partial charge in [-0.3, -0.25) is 0 Å². The van der Waals surface area contributed by atoms with Crippen LogP contribution in [-0.4, -0.2) is 33.9 Å². The average Bonchev–Trinajstić information content (AvgIpc) is 2.31. The Balaban J connectivity index is 2.36. The van der Waals surface area contributed by atoms with Gasteiger partial charge in [0.15, 0.2) is 0 Å². The number of rotatable bonds is 7. The van der Waals surface area contributed by atoms with Crippen molar-refractivity contribution in [1.82, 2.24) is 5.32 Å². The molecule has 0 bridgehead atoms. The first kappa shape index (κ1) is 13.3. The van der Waals surface area contributed by atoms with E-state index in [4.69, 9.17) is 21.1 Å². The van der Waals surface area contributed by atoms with Crippen molar-refractivity contribution in [3.8, 4) is 5.75 Å². The zero-order chi connectivity index (χ0) is 11.8. The second kappa shape index (κ2) is 7.49. The van der Waals surface area contributed by atoms with Crippen LogP contribution in [-0.2, 0) is 11.2 Å². The second-order valence-corrected chi connectivity index (χ2v) is 3.87. The van der Waals surface area contributed by atoms with Gasteiger partial charge in [-0.1, -0.05) is 17.7 Å². The molecule has 0 aliphatic heterocycles. The number of benzene rings is 1. The molecule has 0 saturated heterocycles. The van der Waals surface area contributed by atoms with Crippen LogP contribution in [0, 0.1) is 0 Å². The molecule has 0 atom stereocenters. The number of ether oxygens (including phenoxy) is 2. The van der Waals surface area contributed by atoms with E-state index in [9.17, 15) is 0 Å². The first-order chi connectivity index (χ1) is 7.77. The van der Waals surface area contributed by atoms with Gasteiger partial charge in [0.1, 0.15) is 5.75 Å². The van der Waals surface area contributed by atoms with Crippen molar-refractivity contribution >= 4 is 11.6 Å². The quantitative estimate of drug-likeness (QED) is 0.745. The molecule has 4 heteroatoms. The van der Waals surface area contributed by atoms with E-state index in [-0.39, 0.29) is 0 Å². The Hall–Kier alpha value is -0.770. The van der Waals surface area contributed by atoms with E-state index in [1.165, 1.54) is 5.56 Å². The lowest BCUT2D eigenvalue weighted by atomic mass is 10.1. The Labute approximate surface area is 102 Å². The van der Waals surface area contributed by atoms with Gasteiger partial charge in [-0.25, -0.2) is 0 Å². The van der Waals surface area contributed by atoms with Gasteiger partial charge in [-0.05, 0) is 30.7 Å². The molecule has 0 aliphatic rings. The predicted molar refractivity (Wildman–Crippen MR) is 66.5 cm³/mol. The van der Waals surface area contributed by atoms with Crippen LogP contribution >= 0.6 is 11.6 Å². The molecule has 1 aromatic rings. The van der Waals surface area contributed by atoms with Crippen LogP contribution in [0.5, 0.6) is 5.75 Å². The SMILES string of the molecule is COCCNCCc1ccc(Cl)c(OC)c1. The maximum atomic E-state index is 5.94. The minimum atomic E-state index is 0.651. The summed E-state index contributed by atoms with van der Waals surface area (Å²) < 4.78 is 10.1. The monoisotopic (exact) mass is 243 g/mol. The first-order valence-electron chi connectivity index (χ1n) is 5.30. The molecule has 0 saturated carbocycles. The molecule has 1 aromatic carbocycles. The Bertz CT molecular complexity index is 318. The summed E-state index contributed by atoms with van der Waals surface area (Å²) in [4.78, 5) is 0. The summed E-state index contributed by atoms with van der Waals surface area (Å²) in [6.45, 7) is 2.54. The van der Waals surface area contributed by atoms with Gasteiger partial charge in [0, 0.05) is 13.7 Å². The first-order valence-corrected chi connectivity index (χ1v) is 5.67. The fourth-order valence-electron chi connectivity index (χ4n) is 1.39. The minimum absolute atomic E-state index is 0.651. The molecule has 0 spiro atoms. The van der Waals surface area contributed by atoms with Crippen LogP contribution < -0.4 is 10.1 Å². The summed E-state index contributed by atoms with van der Waals surface area (Å²) in [7, 11) is 3.33. The Morgan fingerprint density at radius 3 is 2.75 bits per heavy atom. The highest BCUT2D eigenvalue weighted by Gasteiger charge is 2.01. The minimum Gasteiger partial charge on any atom is -0.495 e. The Kier molecular flexibility index (Phi) is 6.23. The summed E-state index contributed by atoms with van der Waals surface area (Å²) in [6.07, 6.45) is 0.956. The largest absolute Gasteiger partial charge is 0.495 e. The molecule has 1 N–H and O–H groups in total. The van der Waals surface area contributed by atoms with Crippen LogP contribution in [0.15, 0.2) is 18.2 Å². The Morgan fingerprint density at radius 1 is 1.25 bits per heavy atom. The van der Waals surface area contributed by atoms with Gasteiger partial charge in [0.2, 0.25) is 0 Å². The number of hydrogen-bond acceptors (Lipinski definition) is 3. The molecule has 16 heavy (non-hydrogen) atoms. The second-order valence-electron chi connectivity index (χ2n) is 3.46. The number of halogens is 1. The summed E-state index contributed by atoms with van der Waals surface area (Å²) >= 11 is 5.94. The molecule has 0 aromatic heterocycles. The molecular formula is C12H18ClNO2. The molecule has 3 nitrogen and oxygen atoms in total. The summed E-state index contributed by atoms with van der Waals surface area (Å²) in [5, 5.41) is 3.94. The lowest BCUT2D eigenvalue weighted by Gasteiger charge is -2.07. The summed E-state index contributed by atoms with van der Waals surface area (Å²) in [5.41, 5.74) is 1.21. The van der Waals surface area contributed by atoms with Gasteiger partial charge in [0.25, 0.3) is 0 Å². The van der Waals surface area contributed by atoms with Crippen molar-refractivity contribution in [2.75, 3.05) is 33.9 Å². The normalized spacial score (nSPS) is 10.4. The van der Waals surface area contributed by atoms with Gasteiger partial charge >= 0.3 is 0 Å². The van der Waals surface area contributed by atoms with Crippen molar-refractivity contribution < 1.29 is 9.47 Å². The van der Waals surface area contributed by atoms with Crippen molar-refractivity contribution in [2.24, 2.45) is 0 Å². The number of hydrogen-bond donors (Lipinski definition) is 1. The molecule has 0 unspecified atom stereocenters. The third kappa shape index (κ3) is 4.39. The van der Waals surface area contributed by atoms with Crippen molar-refractivity contribution in [2.45, 2.75) is 6.42 Å². The lowest BCUT2D eigenvalue weighted by molar-refractivity contribution is 0.199. The van der Waals surface area contributed by atoms with Crippen LogP contribution in [0.1, 0.15) is 5.56 Å². The van der Waals surface area contributed by atoms with Gasteiger partial charge in [0.05, 0.1) is 18.7 Å². The van der Waals surface area contributed by atoms with Crippen LogP contribution in [0.25, 0.3) is 0 Å². The van der Waals surface area contributed by atoms with E-state index in [2.05, 4.69) is 5.32 Å². The third-order valence-electron chi connectivity index (χ3n) is 2.29. The van der Waals surface area contributed by atoms with Gasteiger partial charge < -0.3 is 14.8 Å². The Morgan fingerprint density at radius 2 is 2.06 bits per heavy atom. The molecule has 0 heterocycles. The zero-order valence-electron chi connectivity index (χ0n) is 9.75. The highest BCUT2D eigenvalue weighted by molar-refractivity contribution is 6.32. The smallest absolute Gasteiger partial charge is 0.137 e. The molecule has 0 aliphatic carbocycles. The standard InChI is InChI=1S/C12H18ClNO2/c1-15-8-7-14-6-5-10-3-4-11(13)12(9-10)16-2/h3-4,9,14H,5-8H2,1-2H3. The molecule has 90 valence electrons. The number of methoxy groups -OCH3 is 2. The lowest BCUT2D eigenvalue weighted by Crippen LogP contribution is -2.21. The topological polar surface area (TPSA) is 30.5 Å². The molecule has 0 fully saturated rings. The highest BCUT2D eigenvalue weighted by Crippen LogP contribution is 2.24. The molecule has 0 amide bonds. The van der Waals surface area contributed by atoms with Gasteiger partial charge in [-0.15, -0.1) is 0 Å². The van der Waals surface area contributed by atoms with Crippen molar-refractivity contribution in [3.05, 3.63) is 28.8 Å². The van der Waals surface area contributed by atoms with E-state index >= 15 is 0 Å². The molecule has 0 radical (unpaired) electrons. The van der Waals surface area contributed by atoms with Gasteiger partial charge in [-0.2, -0.15) is 0 Å². The summed E-state index contributed by atoms with van der Waals surface area (Å²) in [5.74, 6) is 0.732. The summed E-state index contributed by atoms with van der Waals surface area (Å²) in [6, 6.07) is 5.86. The van der Waals surface area contributed by atoms with E-state index in [0.717, 1.165) is 31.9 Å². The van der Waals surface area contributed by atoms with Crippen molar-refractivity contribution in [1.29, 1.82) is 0 Å². The van der Waals surface area contributed by atoms with Crippen LogP contribution in [0.2, 0.25) is 5.02 Å². The average molecular weight is 244 g/mol. The third-order valence-corrected chi connectivity index (χ3v) is 2.60. The maximum Gasteiger partial charge on any atom is 0.137 e. The van der Waals surface area contributed by atoms with E-state index in [1.54, 1.807) is 14.2 Å².